The number of aromatic nitrogens is 7. The Bertz CT molecular complexity index is 1520. The van der Waals surface area contributed by atoms with Gasteiger partial charge in [0.25, 0.3) is 0 Å². The van der Waals surface area contributed by atoms with Gasteiger partial charge < -0.3 is 9.47 Å². The number of sulfonamides is 1. The van der Waals surface area contributed by atoms with Crippen LogP contribution in [0.25, 0.3) is 11.5 Å². The normalized spacial score (nSPS) is 16.6. The second kappa shape index (κ2) is 10.6. The number of rotatable bonds is 8. The summed E-state index contributed by atoms with van der Waals surface area (Å²) in [5, 5.41) is 7.71. The predicted molar refractivity (Wildman–Crippen MR) is 139 cm³/mol. The number of nitrogens with one attached hydrogen (secondary N) is 1. The lowest BCUT2D eigenvalue weighted by Crippen LogP contribution is -2.35. The second-order valence-electron chi connectivity index (χ2n) is 8.90. The molecule has 14 heteroatoms. The Morgan fingerprint density at radius 3 is 2.55 bits per heavy atom. The van der Waals surface area contributed by atoms with Crippen molar-refractivity contribution < 1.29 is 17.9 Å². The third-order valence-corrected chi connectivity index (χ3v) is 7.81. The molecule has 38 heavy (non-hydrogen) atoms. The van der Waals surface area contributed by atoms with Crippen LogP contribution in [0.5, 0.6) is 5.75 Å². The van der Waals surface area contributed by atoms with Crippen molar-refractivity contribution in [2.24, 2.45) is 0 Å². The van der Waals surface area contributed by atoms with Crippen molar-refractivity contribution in [3.8, 4) is 17.3 Å². The minimum atomic E-state index is -4.10. The maximum absolute atomic E-state index is 13.7. The summed E-state index contributed by atoms with van der Waals surface area (Å²) in [6.07, 6.45) is 6.48. The van der Waals surface area contributed by atoms with Gasteiger partial charge in [-0.1, -0.05) is 17.7 Å². The standard InChI is InChI=1S/C24H25ClN8O4S/c1-14(2)37-21(22-28-11-17(25)12-29-22)15(3)38(34,35)32-24-31-30-23-20-19(7-5-9-27-20)36-13-18(33(23)24)16-6-4-8-26-10-16/h4-12,14-15,18,21H,13H2,1-3H3,(H,31,32)/t15-,18-,21+/m0/s1. The number of fused-ring (bicyclic) bond motifs is 3. The first-order valence-corrected chi connectivity index (χ1v) is 13.7. The van der Waals surface area contributed by atoms with E-state index in [9.17, 15) is 8.42 Å². The fourth-order valence-corrected chi connectivity index (χ4v) is 5.27. The summed E-state index contributed by atoms with van der Waals surface area (Å²) in [6, 6.07) is 6.71. The van der Waals surface area contributed by atoms with E-state index in [0.717, 1.165) is 5.56 Å². The average molecular weight is 557 g/mol. The SMILES string of the molecule is CC(C)O[C@@H](c1ncc(Cl)cn1)[C@H](C)S(=O)(=O)Nc1nnc2n1[C@H](c1cccnc1)COc1cccnc1-2. The molecule has 198 valence electrons. The van der Waals surface area contributed by atoms with Gasteiger partial charge >= 0.3 is 0 Å². The van der Waals surface area contributed by atoms with Crippen molar-refractivity contribution in [2.75, 3.05) is 11.3 Å². The number of halogens is 1. The highest BCUT2D eigenvalue weighted by atomic mass is 35.5. The fourth-order valence-electron chi connectivity index (χ4n) is 4.08. The Balaban J connectivity index is 1.55. The zero-order valence-electron chi connectivity index (χ0n) is 20.8. The molecule has 5 heterocycles. The monoisotopic (exact) mass is 556 g/mol. The van der Waals surface area contributed by atoms with Crippen LogP contribution in [-0.2, 0) is 14.8 Å². The number of pyridine rings is 2. The fraction of sp³-hybridized carbons (Fsp3) is 0.333. The van der Waals surface area contributed by atoms with E-state index >= 15 is 0 Å². The highest BCUT2D eigenvalue weighted by molar-refractivity contribution is 7.93. The molecule has 4 aromatic heterocycles. The summed E-state index contributed by atoms with van der Waals surface area (Å²) < 4.78 is 43.7. The van der Waals surface area contributed by atoms with Gasteiger partial charge in [-0.15, -0.1) is 10.2 Å². The topological polar surface area (TPSA) is 147 Å². The number of hydrogen-bond donors (Lipinski definition) is 1. The van der Waals surface area contributed by atoms with Gasteiger partial charge in [0.15, 0.2) is 11.6 Å². The van der Waals surface area contributed by atoms with Gasteiger partial charge in [-0.3, -0.25) is 14.3 Å². The molecule has 4 aromatic rings. The van der Waals surface area contributed by atoms with Crippen molar-refractivity contribution >= 4 is 27.6 Å². The van der Waals surface area contributed by atoms with Crippen molar-refractivity contribution in [1.29, 1.82) is 0 Å². The van der Waals surface area contributed by atoms with Crippen LogP contribution < -0.4 is 9.46 Å². The van der Waals surface area contributed by atoms with E-state index in [0.29, 0.717) is 22.3 Å². The molecule has 1 aliphatic rings. The van der Waals surface area contributed by atoms with Crippen molar-refractivity contribution in [1.82, 2.24) is 34.7 Å². The minimum Gasteiger partial charge on any atom is -0.489 e. The Kier molecular flexibility index (Phi) is 7.23. The summed E-state index contributed by atoms with van der Waals surface area (Å²) in [7, 11) is -4.10. The molecule has 0 aliphatic carbocycles. The van der Waals surface area contributed by atoms with Gasteiger partial charge in [0, 0.05) is 31.0 Å². The lowest BCUT2D eigenvalue weighted by atomic mass is 10.1. The van der Waals surface area contributed by atoms with Gasteiger partial charge in [-0.25, -0.2) is 23.4 Å². The van der Waals surface area contributed by atoms with E-state index in [4.69, 9.17) is 21.1 Å². The van der Waals surface area contributed by atoms with E-state index in [2.05, 4.69) is 34.9 Å². The Morgan fingerprint density at radius 1 is 1.08 bits per heavy atom. The molecule has 0 aromatic carbocycles. The molecule has 0 radical (unpaired) electrons. The molecule has 0 amide bonds. The van der Waals surface area contributed by atoms with Crippen LogP contribution in [-0.4, -0.2) is 61.1 Å². The number of nitrogens with zero attached hydrogens (tertiary/aromatic N) is 7. The molecule has 0 unspecified atom stereocenters. The molecule has 0 spiro atoms. The maximum atomic E-state index is 13.7. The first kappa shape index (κ1) is 25.9. The largest absolute Gasteiger partial charge is 0.489 e. The van der Waals surface area contributed by atoms with Crippen LogP contribution in [0.4, 0.5) is 5.95 Å². The van der Waals surface area contributed by atoms with Crippen LogP contribution in [0, 0.1) is 0 Å². The van der Waals surface area contributed by atoms with Crippen LogP contribution >= 0.6 is 11.6 Å². The van der Waals surface area contributed by atoms with Gasteiger partial charge in [0.1, 0.15) is 29.4 Å². The zero-order chi connectivity index (χ0) is 26.9. The third kappa shape index (κ3) is 5.17. The van der Waals surface area contributed by atoms with E-state index in [1.807, 2.05) is 6.07 Å². The van der Waals surface area contributed by atoms with Gasteiger partial charge in [-0.05, 0) is 44.5 Å². The Morgan fingerprint density at radius 2 is 1.84 bits per heavy atom. The summed E-state index contributed by atoms with van der Waals surface area (Å²) >= 11 is 5.93. The number of hydrogen-bond acceptors (Lipinski definition) is 10. The van der Waals surface area contributed by atoms with Gasteiger partial charge in [-0.2, -0.15) is 0 Å². The van der Waals surface area contributed by atoms with Crippen molar-refractivity contribution in [3.63, 3.8) is 0 Å². The first-order chi connectivity index (χ1) is 18.2. The minimum absolute atomic E-state index is 0.00290. The zero-order valence-corrected chi connectivity index (χ0v) is 22.3. The average Bonchev–Trinajstić information content (AvgIpc) is 3.22. The van der Waals surface area contributed by atoms with Crippen LogP contribution in [0.1, 0.15) is 44.3 Å². The second-order valence-corrected chi connectivity index (χ2v) is 11.4. The van der Waals surface area contributed by atoms with Crippen LogP contribution in [0.2, 0.25) is 5.02 Å². The van der Waals surface area contributed by atoms with Crippen molar-refractivity contribution in [2.45, 2.75) is 44.3 Å². The van der Waals surface area contributed by atoms with Gasteiger partial charge in [0.05, 0.1) is 17.2 Å². The highest BCUT2D eigenvalue weighted by Gasteiger charge is 2.37. The molecule has 1 N–H and O–H groups in total. The third-order valence-electron chi connectivity index (χ3n) is 5.92. The lowest BCUT2D eigenvalue weighted by Gasteiger charge is -2.26. The molecular formula is C24H25ClN8O4S. The van der Waals surface area contributed by atoms with Crippen molar-refractivity contribution in [3.05, 3.63) is 71.7 Å². The highest BCUT2D eigenvalue weighted by Crippen LogP contribution is 2.37. The Hall–Kier alpha value is -3.68. The molecule has 0 bridgehead atoms. The quantitative estimate of drug-likeness (QED) is 0.342. The van der Waals surface area contributed by atoms with E-state index in [1.165, 1.54) is 19.3 Å². The first-order valence-electron chi connectivity index (χ1n) is 11.8. The summed E-state index contributed by atoms with van der Waals surface area (Å²) in [4.78, 5) is 17.0. The molecular weight excluding hydrogens is 532 g/mol. The number of anilines is 1. The molecule has 0 saturated heterocycles. The van der Waals surface area contributed by atoms with E-state index in [1.54, 1.807) is 55.2 Å². The molecule has 1 aliphatic heterocycles. The summed E-state index contributed by atoms with van der Waals surface area (Å²) in [5.41, 5.74) is 1.23. The molecule has 3 atom stereocenters. The van der Waals surface area contributed by atoms with E-state index < -0.39 is 27.4 Å². The summed E-state index contributed by atoms with van der Waals surface area (Å²) in [6.45, 7) is 5.30. The molecule has 5 rings (SSSR count). The summed E-state index contributed by atoms with van der Waals surface area (Å²) in [5.74, 6) is 1.07. The molecule has 0 fully saturated rings. The smallest absolute Gasteiger partial charge is 0.240 e. The predicted octanol–water partition coefficient (Wildman–Crippen LogP) is 3.46. The number of ether oxygens (including phenoxy) is 2. The van der Waals surface area contributed by atoms with E-state index in [-0.39, 0.29) is 24.5 Å². The van der Waals surface area contributed by atoms with Gasteiger partial charge in [0.2, 0.25) is 16.0 Å². The maximum Gasteiger partial charge on any atom is 0.240 e. The van der Waals surface area contributed by atoms with Crippen LogP contribution in [0.15, 0.2) is 55.2 Å². The molecule has 0 saturated carbocycles. The lowest BCUT2D eigenvalue weighted by molar-refractivity contribution is 0.00154. The Labute approximate surface area is 224 Å². The molecule has 12 nitrogen and oxygen atoms in total. The van der Waals surface area contributed by atoms with Crippen LogP contribution in [0.3, 0.4) is 0 Å².